The highest BCUT2D eigenvalue weighted by Crippen LogP contribution is 2.16. The Hall–Kier alpha value is -1.05. The Morgan fingerprint density at radius 1 is 1.33 bits per heavy atom. The van der Waals surface area contributed by atoms with E-state index in [4.69, 9.17) is 5.11 Å². The second-order valence-corrected chi connectivity index (χ2v) is 3.63. The molecule has 0 fully saturated rings. The van der Waals surface area contributed by atoms with Crippen LogP contribution in [-0.2, 0) is 4.79 Å². The lowest BCUT2D eigenvalue weighted by Gasteiger charge is -2.12. The fraction of sp³-hybridized carbons (Fsp3) is 0.500. The second-order valence-electron chi connectivity index (χ2n) is 3.63. The topological polar surface area (TPSA) is 37.3 Å². The lowest BCUT2D eigenvalue weighted by Crippen LogP contribution is -2.20. The van der Waals surface area contributed by atoms with E-state index in [1.54, 1.807) is 26.0 Å². The highest BCUT2D eigenvalue weighted by atomic mass is 16.4. The number of carboxylic acid groups (broad SMARTS) is 1. The van der Waals surface area contributed by atoms with Gasteiger partial charge >= 0.3 is 5.97 Å². The average Bonchev–Trinajstić information content (AvgIpc) is 1.85. The third kappa shape index (κ3) is 3.96. The van der Waals surface area contributed by atoms with Gasteiger partial charge in [0.25, 0.3) is 0 Å². The minimum atomic E-state index is -0.805. The summed E-state index contributed by atoms with van der Waals surface area (Å²) in [5.74, 6) is -0.805. The monoisotopic (exact) mass is 168 g/mol. The van der Waals surface area contributed by atoms with E-state index in [1.165, 1.54) is 0 Å². The van der Waals surface area contributed by atoms with Gasteiger partial charge in [0.15, 0.2) is 0 Å². The van der Waals surface area contributed by atoms with E-state index in [9.17, 15) is 4.79 Å². The number of rotatable bonds is 3. The van der Waals surface area contributed by atoms with Crippen molar-refractivity contribution in [3.05, 3.63) is 23.8 Å². The highest BCUT2D eigenvalue weighted by Gasteiger charge is 2.22. The van der Waals surface area contributed by atoms with Gasteiger partial charge in [0.2, 0.25) is 0 Å². The maximum atomic E-state index is 10.6. The van der Waals surface area contributed by atoms with E-state index >= 15 is 0 Å². The molecule has 0 amide bonds. The molecular formula is C10H16O2. The summed E-state index contributed by atoms with van der Waals surface area (Å²) in [7, 11) is 0. The smallest absolute Gasteiger partial charge is 0.312 e. The first kappa shape index (κ1) is 11.0. The molecule has 12 heavy (non-hydrogen) atoms. The number of aliphatic carboxylic acids is 1. The Kier molecular flexibility index (Phi) is 3.74. The van der Waals surface area contributed by atoms with Crippen LogP contribution in [0.2, 0.25) is 0 Å². The van der Waals surface area contributed by atoms with Gasteiger partial charge < -0.3 is 5.11 Å². The summed E-state index contributed by atoms with van der Waals surface area (Å²) in [5.41, 5.74) is 0.388. The molecule has 0 spiro atoms. The number of allylic oxidation sites excluding steroid dienone is 3. The Morgan fingerprint density at radius 3 is 2.17 bits per heavy atom. The Morgan fingerprint density at radius 2 is 1.83 bits per heavy atom. The standard InChI is InChI=1S/C10H16O2/c1-8(2)6-5-7-10(3,4)9(11)12/h5-7H,1-4H3,(H,11,12). The molecule has 0 saturated carbocycles. The molecule has 1 N–H and O–H groups in total. The van der Waals surface area contributed by atoms with Gasteiger partial charge in [-0.15, -0.1) is 0 Å². The predicted molar refractivity (Wildman–Crippen MR) is 50.0 cm³/mol. The zero-order valence-electron chi connectivity index (χ0n) is 8.09. The fourth-order valence-corrected chi connectivity index (χ4v) is 0.552. The molecule has 2 nitrogen and oxygen atoms in total. The van der Waals surface area contributed by atoms with Crippen molar-refractivity contribution < 1.29 is 9.90 Å². The third-order valence-electron chi connectivity index (χ3n) is 1.49. The normalized spacial score (nSPS) is 11.7. The lowest BCUT2D eigenvalue weighted by atomic mass is 9.93. The SMILES string of the molecule is CC(C)=CC=CC(C)(C)C(=O)O. The molecule has 0 heterocycles. The third-order valence-corrected chi connectivity index (χ3v) is 1.49. The summed E-state index contributed by atoms with van der Waals surface area (Å²) in [4.78, 5) is 10.6. The zero-order valence-corrected chi connectivity index (χ0v) is 8.09. The van der Waals surface area contributed by atoms with E-state index in [0.717, 1.165) is 5.57 Å². The number of carboxylic acids is 1. The maximum absolute atomic E-state index is 10.6. The van der Waals surface area contributed by atoms with E-state index in [2.05, 4.69) is 0 Å². The predicted octanol–water partition coefficient (Wildman–Crippen LogP) is 2.62. The second kappa shape index (κ2) is 4.10. The van der Waals surface area contributed by atoms with E-state index < -0.39 is 11.4 Å². The summed E-state index contributed by atoms with van der Waals surface area (Å²) in [6, 6.07) is 0. The minimum absolute atomic E-state index is 0.772. The molecule has 0 rings (SSSR count). The molecule has 68 valence electrons. The molecular weight excluding hydrogens is 152 g/mol. The Labute approximate surface area is 73.6 Å². The molecule has 0 aliphatic carbocycles. The van der Waals surface area contributed by atoms with Gasteiger partial charge in [-0.25, -0.2) is 0 Å². The molecule has 0 aliphatic heterocycles. The number of hydrogen-bond donors (Lipinski definition) is 1. The molecule has 2 heteroatoms. The summed E-state index contributed by atoms with van der Waals surface area (Å²) in [6.45, 7) is 7.28. The van der Waals surface area contributed by atoms with Crippen molar-refractivity contribution in [2.24, 2.45) is 5.41 Å². The van der Waals surface area contributed by atoms with Crippen LogP contribution >= 0.6 is 0 Å². The molecule has 0 unspecified atom stereocenters. The van der Waals surface area contributed by atoms with Crippen LogP contribution in [0.25, 0.3) is 0 Å². The summed E-state index contributed by atoms with van der Waals surface area (Å²) in [5, 5.41) is 8.73. The molecule has 0 aliphatic rings. The van der Waals surface area contributed by atoms with Gasteiger partial charge in [0.1, 0.15) is 0 Å². The van der Waals surface area contributed by atoms with Crippen LogP contribution in [0.4, 0.5) is 0 Å². The highest BCUT2D eigenvalue weighted by molar-refractivity contribution is 5.76. The van der Waals surface area contributed by atoms with Crippen LogP contribution < -0.4 is 0 Å². The van der Waals surface area contributed by atoms with E-state index in [1.807, 2.05) is 19.9 Å². The zero-order chi connectivity index (χ0) is 9.78. The maximum Gasteiger partial charge on any atom is 0.312 e. The number of hydrogen-bond acceptors (Lipinski definition) is 1. The van der Waals surface area contributed by atoms with Crippen molar-refractivity contribution in [3.8, 4) is 0 Å². The lowest BCUT2D eigenvalue weighted by molar-refractivity contribution is -0.144. The van der Waals surface area contributed by atoms with Crippen molar-refractivity contribution in [1.29, 1.82) is 0 Å². The number of carbonyl (C=O) groups is 1. The molecule has 0 atom stereocenters. The van der Waals surface area contributed by atoms with Crippen LogP contribution in [0, 0.1) is 5.41 Å². The van der Waals surface area contributed by atoms with E-state index in [-0.39, 0.29) is 0 Å². The van der Waals surface area contributed by atoms with Crippen molar-refractivity contribution in [2.75, 3.05) is 0 Å². The van der Waals surface area contributed by atoms with Crippen LogP contribution in [0.5, 0.6) is 0 Å². The van der Waals surface area contributed by atoms with Gasteiger partial charge in [-0.2, -0.15) is 0 Å². The molecule has 0 radical (unpaired) electrons. The van der Waals surface area contributed by atoms with Crippen molar-refractivity contribution in [2.45, 2.75) is 27.7 Å². The summed E-state index contributed by atoms with van der Waals surface area (Å²) >= 11 is 0. The van der Waals surface area contributed by atoms with Gasteiger partial charge in [-0.1, -0.05) is 23.8 Å². The summed E-state index contributed by atoms with van der Waals surface area (Å²) in [6.07, 6.45) is 5.36. The Bertz CT molecular complexity index is 218. The van der Waals surface area contributed by atoms with Gasteiger partial charge in [0.05, 0.1) is 5.41 Å². The fourth-order valence-electron chi connectivity index (χ4n) is 0.552. The van der Waals surface area contributed by atoms with Gasteiger partial charge in [0, 0.05) is 0 Å². The molecule has 0 aromatic carbocycles. The Balaban J connectivity index is 4.34. The quantitative estimate of drug-likeness (QED) is 0.658. The van der Waals surface area contributed by atoms with Crippen molar-refractivity contribution in [3.63, 3.8) is 0 Å². The first-order chi connectivity index (χ1) is 5.36. The molecule has 0 aromatic heterocycles. The largest absolute Gasteiger partial charge is 0.481 e. The first-order valence-electron chi connectivity index (χ1n) is 3.92. The van der Waals surface area contributed by atoms with E-state index in [0.29, 0.717) is 0 Å². The van der Waals surface area contributed by atoms with Crippen LogP contribution in [0.3, 0.4) is 0 Å². The molecule has 0 aromatic rings. The molecule has 0 bridgehead atoms. The van der Waals surface area contributed by atoms with Crippen LogP contribution in [0.15, 0.2) is 23.8 Å². The summed E-state index contributed by atoms with van der Waals surface area (Å²) < 4.78 is 0. The van der Waals surface area contributed by atoms with Gasteiger partial charge in [-0.3, -0.25) is 4.79 Å². The molecule has 0 saturated heterocycles. The average molecular weight is 168 g/mol. The van der Waals surface area contributed by atoms with Crippen molar-refractivity contribution >= 4 is 5.97 Å². The van der Waals surface area contributed by atoms with Crippen LogP contribution in [-0.4, -0.2) is 11.1 Å². The van der Waals surface area contributed by atoms with Crippen molar-refractivity contribution in [1.82, 2.24) is 0 Å². The minimum Gasteiger partial charge on any atom is -0.481 e. The van der Waals surface area contributed by atoms with Crippen LogP contribution in [0.1, 0.15) is 27.7 Å². The first-order valence-corrected chi connectivity index (χ1v) is 3.92. The van der Waals surface area contributed by atoms with Gasteiger partial charge in [-0.05, 0) is 27.7 Å².